The summed E-state index contributed by atoms with van der Waals surface area (Å²) in [6, 6.07) is 0. The average molecular weight is 449 g/mol. The maximum Gasteiger partial charge on any atom is 0.306 e. The van der Waals surface area contributed by atoms with E-state index in [0.717, 1.165) is 38.7 Å². The number of carbonyl (C=O) groups excluding carboxylic acids is 1. The van der Waals surface area contributed by atoms with E-state index in [9.17, 15) is 9.90 Å². The van der Waals surface area contributed by atoms with Gasteiger partial charge in [-0.15, -0.1) is 0 Å². The Morgan fingerprint density at radius 1 is 0.938 bits per heavy atom. The minimum atomic E-state index is -0.376. The van der Waals surface area contributed by atoms with Gasteiger partial charge < -0.3 is 14.6 Å². The molecule has 3 aliphatic rings. The van der Waals surface area contributed by atoms with Crippen molar-refractivity contribution in [2.45, 2.75) is 134 Å². The van der Waals surface area contributed by atoms with Gasteiger partial charge in [-0.1, -0.05) is 89.7 Å². The Bertz CT molecular complexity index is 554. The molecular formula is C28H48O4. The minimum absolute atomic E-state index is 0.0523. The van der Waals surface area contributed by atoms with Crippen molar-refractivity contribution < 1.29 is 19.4 Å². The van der Waals surface area contributed by atoms with E-state index in [0.29, 0.717) is 18.3 Å². The van der Waals surface area contributed by atoms with Gasteiger partial charge in [0.2, 0.25) is 0 Å². The van der Waals surface area contributed by atoms with Crippen LogP contribution in [0.3, 0.4) is 0 Å². The Morgan fingerprint density at radius 2 is 1.62 bits per heavy atom. The van der Waals surface area contributed by atoms with Crippen LogP contribution in [0.2, 0.25) is 0 Å². The first-order chi connectivity index (χ1) is 15.7. The van der Waals surface area contributed by atoms with E-state index in [-0.39, 0.29) is 30.2 Å². The Labute approximate surface area is 196 Å². The van der Waals surface area contributed by atoms with E-state index in [2.05, 4.69) is 13.0 Å². The van der Waals surface area contributed by atoms with Crippen LogP contribution in [0.4, 0.5) is 0 Å². The third-order valence-corrected chi connectivity index (χ3v) is 8.01. The summed E-state index contributed by atoms with van der Waals surface area (Å²) in [4.78, 5) is 11.8. The van der Waals surface area contributed by atoms with Gasteiger partial charge in [-0.05, 0) is 43.9 Å². The molecule has 1 aliphatic carbocycles. The van der Waals surface area contributed by atoms with Crippen LogP contribution in [-0.4, -0.2) is 36.0 Å². The molecule has 4 nitrogen and oxygen atoms in total. The largest absolute Gasteiger partial charge is 0.462 e. The highest BCUT2D eigenvalue weighted by atomic mass is 16.6. The van der Waals surface area contributed by atoms with E-state index >= 15 is 0 Å². The minimum Gasteiger partial charge on any atom is -0.462 e. The van der Waals surface area contributed by atoms with Gasteiger partial charge in [-0.2, -0.15) is 0 Å². The maximum atomic E-state index is 11.8. The molecule has 0 aromatic rings. The molecule has 1 unspecified atom stereocenters. The molecule has 1 N–H and O–H groups in total. The summed E-state index contributed by atoms with van der Waals surface area (Å²) < 4.78 is 11.7. The standard InChI is InChI=1S/C28H48O4/c1-2-3-4-5-6-7-8-9-10-11-12-15-22(29)17-18-23-24(26-16-13-14-19-31-26)20-27-25(23)21-28(30)32-27/h17-18,22-27,29H,2-16,19-21H2,1H3/b18-17+/t22-,23+,24-,25+,26?,27-/m1/s1. The van der Waals surface area contributed by atoms with Crippen LogP contribution in [0.5, 0.6) is 0 Å². The van der Waals surface area contributed by atoms with Crippen molar-refractivity contribution >= 4 is 5.97 Å². The second kappa shape index (κ2) is 14.4. The first-order valence-corrected chi connectivity index (χ1v) is 13.9. The molecule has 32 heavy (non-hydrogen) atoms. The Balaban J connectivity index is 1.32. The van der Waals surface area contributed by atoms with Gasteiger partial charge in [-0.3, -0.25) is 4.79 Å². The molecule has 2 aliphatic heterocycles. The van der Waals surface area contributed by atoms with E-state index < -0.39 is 0 Å². The molecule has 2 saturated heterocycles. The summed E-state index contributed by atoms with van der Waals surface area (Å²) >= 11 is 0. The molecule has 1 saturated carbocycles. The van der Waals surface area contributed by atoms with Crippen LogP contribution < -0.4 is 0 Å². The first kappa shape index (κ1) is 25.7. The number of rotatable bonds is 15. The van der Waals surface area contributed by atoms with Crippen LogP contribution in [0, 0.1) is 17.8 Å². The number of hydrogen-bond donors (Lipinski definition) is 1. The lowest BCUT2D eigenvalue weighted by Crippen LogP contribution is -2.31. The van der Waals surface area contributed by atoms with Crippen LogP contribution in [0.1, 0.15) is 116 Å². The van der Waals surface area contributed by atoms with Crippen LogP contribution in [-0.2, 0) is 14.3 Å². The number of fused-ring (bicyclic) bond motifs is 1. The zero-order valence-electron chi connectivity index (χ0n) is 20.5. The zero-order valence-corrected chi connectivity index (χ0v) is 20.5. The number of aliphatic hydroxyl groups excluding tert-OH is 1. The predicted octanol–water partition coefficient (Wildman–Crippen LogP) is 6.74. The molecule has 2 heterocycles. The summed E-state index contributed by atoms with van der Waals surface area (Å²) in [6.07, 6.45) is 24.6. The van der Waals surface area contributed by atoms with Crippen molar-refractivity contribution in [3.05, 3.63) is 12.2 Å². The van der Waals surface area contributed by atoms with Crippen molar-refractivity contribution in [1.29, 1.82) is 0 Å². The molecule has 0 radical (unpaired) electrons. The summed E-state index contributed by atoms with van der Waals surface area (Å²) in [6.45, 7) is 3.13. The number of esters is 1. The Kier molecular flexibility index (Phi) is 11.6. The highest BCUT2D eigenvalue weighted by molar-refractivity contribution is 5.72. The molecular weight excluding hydrogens is 400 g/mol. The molecule has 184 valence electrons. The number of unbranched alkanes of at least 4 members (excludes halogenated alkanes) is 10. The second-order valence-corrected chi connectivity index (χ2v) is 10.6. The van der Waals surface area contributed by atoms with Crippen molar-refractivity contribution in [3.63, 3.8) is 0 Å². The quantitative estimate of drug-likeness (QED) is 0.171. The number of carbonyl (C=O) groups is 1. The number of aliphatic hydroxyl groups is 1. The number of allylic oxidation sites excluding steroid dienone is 1. The fraction of sp³-hybridized carbons (Fsp3) is 0.893. The van der Waals surface area contributed by atoms with Crippen molar-refractivity contribution in [2.24, 2.45) is 17.8 Å². The monoisotopic (exact) mass is 448 g/mol. The zero-order chi connectivity index (χ0) is 22.6. The van der Waals surface area contributed by atoms with Crippen molar-refractivity contribution in [3.8, 4) is 0 Å². The normalized spacial score (nSPS) is 31.2. The lowest BCUT2D eigenvalue weighted by atomic mass is 9.82. The van der Waals surface area contributed by atoms with Crippen LogP contribution in [0.25, 0.3) is 0 Å². The summed E-state index contributed by atoms with van der Waals surface area (Å²) in [5.41, 5.74) is 0. The second-order valence-electron chi connectivity index (χ2n) is 10.6. The highest BCUT2D eigenvalue weighted by Gasteiger charge is 2.51. The van der Waals surface area contributed by atoms with Gasteiger partial charge in [0, 0.05) is 12.5 Å². The predicted molar refractivity (Wildman–Crippen MR) is 129 cm³/mol. The molecule has 0 bridgehead atoms. The van der Waals surface area contributed by atoms with Gasteiger partial charge in [0.25, 0.3) is 0 Å². The van der Waals surface area contributed by atoms with Gasteiger partial charge in [0.15, 0.2) is 0 Å². The average Bonchev–Trinajstić information content (AvgIpc) is 3.32. The van der Waals surface area contributed by atoms with Crippen LogP contribution in [0.15, 0.2) is 12.2 Å². The topological polar surface area (TPSA) is 55.8 Å². The van der Waals surface area contributed by atoms with Crippen LogP contribution >= 0.6 is 0 Å². The van der Waals surface area contributed by atoms with E-state index in [1.54, 1.807) is 0 Å². The number of ether oxygens (including phenoxy) is 2. The lowest BCUT2D eigenvalue weighted by molar-refractivity contribution is -0.142. The smallest absolute Gasteiger partial charge is 0.306 e. The molecule has 4 heteroatoms. The van der Waals surface area contributed by atoms with E-state index in [1.165, 1.54) is 70.6 Å². The van der Waals surface area contributed by atoms with Gasteiger partial charge >= 0.3 is 5.97 Å². The summed E-state index contributed by atoms with van der Waals surface area (Å²) in [5.74, 6) is 0.928. The highest BCUT2D eigenvalue weighted by Crippen LogP contribution is 2.48. The summed E-state index contributed by atoms with van der Waals surface area (Å²) in [7, 11) is 0. The lowest BCUT2D eigenvalue weighted by Gasteiger charge is -2.31. The van der Waals surface area contributed by atoms with Gasteiger partial charge in [-0.25, -0.2) is 0 Å². The van der Waals surface area contributed by atoms with E-state index in [1.807, 2.05) is 6.08 Å². The Morgan fingerprint density at radius 3 is 2.28 bits per heavy atom. The third-order valence-electron chi connectivity index (χ3n) is 8.01. The van der Waals surface area contributed by atoms with Crippen molar-refractivity contribution in [1.82, 2.24) is 0 Å². The number of hydrogen-bond acceptors (Lipinski definition) is 4. The fourth-order valence-electron chi connectivity index (χ4n) is 6.14. The third kappa shape index (κ3) is 8.17. The molecule has 0 aromatic heterocycles. The van der Waals surface area contributed by atoms with Gasteiger partial charge in [0.05, 0.1) is 18.6 Å². The molecule has 6 atom stereocenters. The molecule has 0 amide bonds. The maximum absolute atomic E-state index is 11.8. The summed E-state index contributed by atoms with van der Waals surface area (Å²) in [5, 5.41) is 10.5. The van der Waals surface area contributed by atoms with Gasteiger partial charge in [0.1, 0.15) is 6.10 Å². The molecule has 3 fully saturated rings. The first-order valence-electron chi connectivity index (χ1n) is 13.9. The molecule has 3 rings (SSSR count). The SMILES string of the molecule is CCCCCCCCCCCCC[C@@H](O)/C=C/[C@@H]1[C@@H]2CC(=O)O[C@@H]2C[C@H]1C1CCCCO1. The van der Waals surface area contributed by atoms with Crippen molar-refractivity contribution in [2.75, 3.05) is 6.61 Å². The Hall–Kier alpha value is -0.870. The van der Waals surface area contributed by atoms with E-state index in [4.69, 9.17) is 9.47 Å². The molecule has 0 aromatic carbocycles. The molecule has 0 spiro atoms. The fourth-order valence-corrected chi connectivity index (χ4v) is 6.14.